The average Bonchev–Trinajstić information content (AvgIpc) is 2.37. The lowest BCUT2D eigenvalue weighted by Crippen LogP contribution is -2.17. The van der Waals surface area contributed by atoms with Crippen LogP contribution in [0.1, 0.15) is 29.8 Å². The van der Waals surface area contributed by atoms with Crippen LogP contribution in [0.4, 0.5) is 0 Å². The summed E-state index contributed by atoms with van der Waals surface area (Å²) in [7, 11) is 1.52. The first-order chi connectivity index (χ1) is 8.12. The second-order valence-electron chi connectivity index (χ2n) is 3.47. The number of methoxy groups -OCH3 is 1. The maximum Gasteiger partial charge on any atom is 0.379 e. The summed E-state index contributed by atoms with van der Waals surface area (Å²) >= 11 is 0. The van der Waals surface area contributed by atoms with E-state index in [1.165, 1.54) is 7.11 Å². The van der Waals surface area contributed by atoms with Crippen LogP contribution >= 0.6 is 0 Å². The Kier molecular flexibility index (Phi) is 4.69. The standard InChI is InChI=1S/C13H16O4/c1-4-9-6-10(8-11(7-9)16-3)12(14)13(15)17-5-2/h6-8H,4-5H2,1-3H3. The zero-order valence-electron chi connectivity index (χ0n) is 10.3. The molecule has 0 aromatic heterocycles. The molecule has 0 saturated heterocycles. The molecule has 17 heavy (non-hydrogen) atoms. The number of ether oxygens (including phenoxy) is 2. The minimum absolute atomic E-state index is 0.190. The molecule has 0 atom stereocenters. The summed E-state index contributed by atoms with van der Waals surface area (Å²) < 4.78 is 9.76. The number of aryl methyl sites for hydroxylation is 1. The van der Waals surface area contributed by atoms with Gasteiger partial charge >= 0.3 is 5.97 Å². The van der Waals surface area contributed by atoms with Crippen LogP contribution in [0, 0.1) is 0 Å². The van der Waals surface area contributed by atoms with E-state index in [4.69, 9.17) is 4.74 Å². The van der Waals surface area contributed by atoms with Crippen molar-refractivity contribution in [3.63, 3.8) is 0 Å². The van der Waals surface area contributed by atoms with E-state index < -0.39 is 11.8 Å². The van der Waals surface area contributed by atoms with Crippen molar-refractivity contribution in [3.05, 3.63) is 29.3 Å². The number of esters is 1. The normalized spacial score (nSPS) is 9.82. The SMILES string of the molecule is CCOC(=O)C(=O)c1cc(CC)cc(OC)c1. The molecular weight excluding hydrogens is 220 g/mol. The lowest BCUT2D eigenvalue weighted by molar-refractivity contribution is -0.137. The fourth-order valence-electron chi connectivity index (χ4n) is 1.43. The molecule has 0 bridgehead atoms. The van der Waals surface area contributed by atoms with E-state index in [0.717, 1.165) is 12.0 Å². The second-order valence-corrected chi connectivity index (χ2v) is 3.47. The largest absolute Gasteiger partial charge is 0.497 e. The lowest BCUT2D eigenvalue weighted by atomic mass is 10.0. The Hall–Kier alpha value is -1.84. The molecule has 0 spiro atoms. The molecule has 0 saturated carbocycles. The highest BCUT2D eigenvalue weighted by molar-refractivity contribution is 6.40. The van der Waals surface area contributed by atoms with Crippen molar-refractivity contribution in [1.82, 2.24) is 0 Å². The van der Waals surface area contributed by atoms with E-state index >= 15 is 0 Å². The monoisotopic (exact) mass is 236 g/mol. The Bertz CT molecular complexity index is 401. The molecule has 0 aliphatic rings. The van der Waals surface area contributed by atoms with Gasteiger partial charge in [0.2, 0.25) is 0 Å². The first-order valence-corrected chi connectivity index (χ1v) is 5.51. The smallest absolute Gasteiger partial charge is 0.379 e. The molecule has 1 aromatic carbocycles. The summed E-state index contributed by atoms with van der Waals surface area (Å²) in [6, 6.07) is 5.06. The third kappa shape index (κ3) is 3.31. The number of Topliss-reactive ketones (excluding diaryl/α,β-unsaturated/α-hetero) is 1. The topological polar surface area (TPSA) is 52.6 Å². The molecule has 4 heteroatoms. The molecule has 1 aromatic rings. The van der Waals surface area contributed by atoms with Gasteiger partial charge in [-0.25, -0.2) is 4.79 Å². The predicted octanol–water partition coefficient (Wildman–Crippen LogP) is 2.00. The highest BCUT2D eigenvalue weighted by Crippen LogP contribution is 2.18. The van der Waals surface area contributed by atoms with Crippen molar-refractivity contribution in [3.8, 4) is 5.75 Å². The summed E-state index contributed by atoms with van der Waals surface area (Å²) in [5.74, 6) is -0.903. The van der Waals surface area contributed by atoms with Crippen molar-refractivity contribution in [2.24, 2.45) is 0 Å². The van der Waals surface area contributed by atoms with E-state index in [1.807, 2.05) is 13.0 Å². The minimum Gasteiger partial charge on any atom is -0.497 e. The van der Waals surface area contributed by atoms with Gasteiger partial charge in [0.05, 0.1) is 13.7 Å². The quantitative estimate of drug-likeness (QED) is 0.446. The maximum atomic E-state index is 11.7. The molecule has 0 aliphatic carbocycles. The second kappa shape index (κ2) is 6.03. The molecule has 0 fully saturated rings. The van der Waals surface area contributed by atoms with Gasteiger partial charge in [-0.05, 0) is 37.1 Å². The molecule has 92 valence electrons. The first kappa shape index (κ1) is 13.2. The number of carbonyl (C=O) groups excluding carboxylic acids is 2. The van der Waals surface area contributed by atoms with Crippen molar-refractivity contribution in [2.45, 2.75) is 20.3 Å². The zero-order chi connectivity index (χ0) is 12.8. The van der Waals surface area contributed by atoms with E-state index in [9.17, 15) is 9.59 Å². The Morgan fingerprint density at radius 1 is 1.18 bits per heavy atom. The highest BCUT2D eigenvalue weighted by Gasteiger charge is 2.18. The third-order valence-electron chi connectivity index (χ3n) is 2.33. The van der Waals surface area contributed by atoms with E-state index in [2.05, 4.69) is 4.74 Å². The molecule has 0 amide bonds. The average molecular weight is 236 g/mol. The summed E-state index contributed by atoms with van der Waals surface area (Å²) in [4.78, 5) is 23.1. The molecule has 0 N–H and O–H groups in total. The number of benzene rings is 1. The van der Waals surface area contributed by atoms with Crippen LogP contribution in [-0.4, -0.2) is 25.5 Å². The van der Waals surface area contributed by atoms with Crippen LogP contribution in [0.2, 0.25) is 0 Å². The molecule has 0 unspecified atom stereocenters. The number of hydrogen-bond donors (Lipinski definition) is 0. The maximum absolute atomic E-state index is 11.7. The van der Waals surface area contributed by atoms with Gasteiger partial charge in [0.25, 0.3) is 5.78 Å². The van der Waals surface area contributed by atoms with Gasteiger partial charge < -0.3 is 9.47 Å². The van der Waals surface area contributed by atoms with Crippen LogP contribution in [0.5, 0.6) is 5.75 Å². The number of rotatable bonds is 5. The van der Waals surface area contributed by atoms with E-state index in [0.29, 0.717) is 11.3 Å². The van der Waals surface area contributed by atoms with Crippen molar-refractivity contribution in [2.75, 3.05) is 13.7 Å². The fraction of sp³-hybridized carbons (Fsp3) is 0.385. The van der Waals surface area contributed by atoms with Gasteiger partial charge in [0, 0.05) is 5.56 Å². The van der Waals surface area contributed by atoms with Crippen molar-refractivity contribution < 1.29 is 19.1 Å². The van der Waals surface area contributed by atoms with Gasteiger partial charge in [-0.1, -0.05) is 6.92 Å². The number of carbonyl (C=O) groups is 2. The molecule has 4 nitrogen and oxygen atoms in total. The predicted molar refractivity (Wildman–Crippen MR) is 63.3 cm³/mol. The lowest BCUT2D eigenvalue weighted by Gasteiger charge is -2.07. The summed E-state index contributed by atoms with van der Waals surface area (Å²) in [5, 5.41) is 0. The van der Waals surface area contributed by atoms with E-state index in [-0.39, 0.29) is 6.61 Å². The van der Waals surface area contributed by atoms with Crippen LogP contribution in [-0.2, 0) is 16.0 Å². The molecule has 0 aliphatic heterocycles. The van der Waals surface area contributed by atoms with Gasteiger partial charge in [0.15, 0.2) is 0 Å². The fourth-order valence-corrected chi connectivity index (χ4v) is 1.43. The van der Waals surface area contributed by atoms with Crippen molar-refractivity contribution >= 4 is 11.8 Å². The molecular formula is C13H16O4. The Morgan fingerprint density at radius 2 is 1.88 bits per heavy atom. The Morgan fingerprint density at radius 3 is 2.41 bits per heavy atom. The summed E-state index contributed by atoms with van der Waals surface area (Å²) in [5.41, 5.74) is 1.25. The van der Waals surface area contributed by atoms with Crippen LogP contribution in [0.15, 0.2) is 18.2 Å². The number of hydrogen-bond acceptors (Lipinski definition) is 4. The van der Waals surface area contributed by atoms with Gasteiger partial charge in [0.1, 0.15) is 5.75 Å². The third-order valence-corrected chi connectivity index (χ3v) is 2.33. The van der Waals surface area contributed by atoms with E-state index in [1.54, 1.807) is 19.1 Å². The van der Waals surface area contributed by atoms with Crippen LogP contribution in [0.3, 0.4) is 0 Å². The van der Waals surface area contributed by atoms with Crippen LogP contribution in [0.25, 0.3) is 0 Å². The van der Waals surface area contributed by atoms with Gasteiger partial charge in [-0.15, -0.1) is 0 Å². The van der Waals surface area contributed by atoms with Gasteiger partial charge in [-0.3, -0.25) is 4.79 Å². The molecule has 1 rings (SSSR count). The Labute approximate surface area is 101 Å². The molecule has 0 heterocycles. The first-order valence-electron chi connectivity index (χ1n) is 5.51. The zero-order valence-corrected chi connectivity index (χ0v) is 10.3. The van der Waals surface area contributed by atoms with Crippen LogP contribution < -0.4 is 4.74 Å². The minimum atomic E-state index is -0.831. The molecule has 0 radical (unpaired) electrons. The summed E-state index contributed by atoms with van der Waals surface area (Å²) in [6.45, 7) is 3.82. The Balaban J connectivity index is 3.04. The number of ketones is 1. The van der Waals surface area contributed by atoms with Gasteiger partial charge in [-0.2, -0.15) is 0 Å². The van der Waals surface area contributed by atoms with Crippen molar-refractivity contribution in [1.29, 1.82) is 0 Å². The highest BCUT2D eigenvalue weighted by atomic mass is 16.5. The summed E-state index contributed by atoms with van der Waals surface area (Å²) in [6.07, 6.45) is 0.764.